The minimum absolute atomic E-state index is 0.790. The summed E-state index contributed by atoms with van der Waals surface area (Å²) in [4.78, 5) is 5.37. The average Bonchev–Trinajstić information content (AvgIpc) is 2.83. The van der Waals surface area contributed by atoms with Gasteiger partial charge in [0.05, 0.1) is 0 Å². The number of rotatable bonds is 4. The minimum Gasteiger partial charge on any atom is -0.300 e. The van der Waals surface area contributed by atoms with E-state index >= 15 is 0 Å². The van der Waals surface area contributed by atoms with E-state index in [0.29, 0.717) is 0 Å². The molecule has 0 aromatic heterocycles. The molecule has 2 nitrogen and oxygen atoms in total. The van der Waals surface area contributed by atoms with Crippen LogP contribution in [0.25, 0.3) is 0 Å². The Labute approximate surface area is 108 Å². The summed E-state index contributed by atoms with van der Waals surface area (Å²) in [6.45, 7) is 8.78. The predicted octanol–water partition coefficient (Wildman–Crippen LogP) is 2.58. The van der Waals surface area contributed by atoms with Gasteiger partial charge in [0.2, 0.25) is 0 Å². The minimum atomic E-state index is 0.790. The van der Waals surface area contributed by atoms with Crippen LogP contribution in [0.4, 0.5) is 0 Å². The van der Waals surface area contributed by atoms with Gasteiger partial charge in [-0.3, -0.25) is 4.90 Å². The summed E-state index contributed by atoms with van der Waals surface area (Å²) >= 11 is 3.57. The number of hydrogen-bond donors (Lipinski definition) is 0. The normalized spacial score (nSPS) is 27.4. The monoisotopic (exact) mass is 288 g/mol. The Balaban J connectivity index is 1.69. The number of alkyl halides is 1. The lowest BCUT2D eigenvalue weighted by molar-refractivity contribution is 0.0913. The third-order valence-electron chi connectivity index (χ3n) is 4.08. The Hall–Kier alpha value is 0.400. The Morgan fingerprint density at radius 3 is 2.31 bits per heavy atom. The number of nitrogens with zero attached hydrogens (tertiary/aromatic N) is 2. The Morgan fingerprint density at radius 2 is 1.75 bits per heavy atom. The zero-order valence-corrected chi connectivity index (χ0v) is 12.1. The highest BCUT2D eigenvalue weighted by molar-refractivity contribution is 9.09. The first-order valence-corrected chi connectivity index (χ1v) is 7.94. The van der Waals surface area contributed by atoms with Crippen LogP contribution in [0.5, 0.6) is 0 Å². The van der Waals surface area contributed by atoms with Crippen LogP contribution in [0.2, 0.25) is 0 Å². The maximum absolute atomic E-state index is 3.57. The van der Waals surface area contributed by atoms with Crippen molar-refractivity contribution in [2.45, 2.75) is 38.6 Å². The van der Waals surface area contributed by atoms with E-state index in [2.05, 4.69) is 32.7 Å². The summed E-state index contributed by atoms with van der Waals surface area (Å²) in [7, 11) is 0. The first-order chi connectivity index (χ1) is 7.79. The van der Waals surface area contributed by atoms with Gasteiger partial charge in [-0.15, -0.1) is 0 Å². The van der Waals surface area contributed by atoms with Crippen LogP contribution >= 0.6 is 15.9 Å². The average molecular weight is 289 g/mol. The molecule has 1 saturated carbocycles. The van der Waals surface area contributed by atoms with Gasteiger partial charge < -0.3 is 4.90 Å². The van der Waals surface area contributed by atoms with Gasteiger partial charge in [0, 0.05) is 44.1 Å². The zero-order valence-electron chi connectivity index (χ0n) is 10.5. The van der Waals surface area contributed by atoms with Crippen molar-refractivity contribution in [2.75, 3.05) is 38.1 Å². The fraction of sp³-hybridized carbons (Fsp3) is 1.00. The fourth-order valence-electron chi connectivity index (χ4n) is 3.07. The molecule has 3 heteroatoms. The summed E-state index contributed by atoms with van der Waals surface area (Å²) in [5, 5.41) is 1.13. The van der Waals surface area contributed by atoms with Gasteiger partial charge in [-0.1, -0.05) is 35.7 Å². The molecule has 1 aliphatic heterocycles. The lowest BCUT2D eigenvalue weighted by atomic mass is 10.1. The molecule has 0 radical (unpaired) electrons. The van der Waals surface area contributed by atoms with Gasteiger partial charge in [0.15, 0.2) is 0 Å². The summed E-state index contributed by atoms with van der Waals surface area (Å²) in [5.74, 6) is 0.790. The molecule has 1 heterocycles. The van der Waals surface area contributed by atoms with Crippen LogP contribution in [0.1, 0.15) is 32.6 Å². The van der Waals surface area contributed by atoms with E-state index in [1.165, 1.54) is 58.4 Å². The highest BCUT2D eigenvalue weighted by atomic mass is 79.9. The van der Waals surface area contributed by atoms with Gasteiger partial charge in [-0.2, -0.15) is 0 Å². The van der Waals surface area contributed by atoms with Crippen LogP contribution in [-0.2, 0) is 0 Å². The lowest BCUT2D eigenvalue weighted by Gasteiger charge is -2.38. The molecule has 0 aromatic rings. The van der Waals surface area contributed by atoms with Crippen molar-refractivity contribution in [1.82, 2.24) is 9.80 Å². The maximum atomic E-state index is 3.57. The summed E-state index contributed by atoms with van der Waals surface area (Å²) in [6, 6.07) is 0.927. The molecule has 0 spiro atoms. The molecular weight excluding hydrogens is 264 g/mol. The third-order valence-corrected chi connectivity index (χ3v) is 5.19. The summed E-state index contributed by atoms with van der Waals surface area (Å²) < 4.78 is 0. The summed E-state index contributed by atoms with van der Waals surface area (Å²) in [5.41, 5.74) is 0. The molecule has 1 unspecified atom stereocenters. The molecule has 2 rings (SSSR count). The number of halogens is 1. The van der Waals surface area contributed by atoms with Gasteiger partial charge in [-0.25, -0.2) is 0 Å². The first kappa shape index (κ1) is 12.8. The van der Waals surface area contributed by atoms with Crippen LogP contribution in [0.15, 0.2) is 0 Å². The van der Waals surface area contributed by atoms with Crippen molar-refractivity contribution >= 4 is 15.9 Å². The fourth-order valence-corrected chi connectivity index (χ4v) is 3.27. The molecule has 0 amide bonds. The predicted molar refractivity (Wildman–Crippen MR) is 73.2 cm³/mol. The molecule has 1 saturated heterocycles. The highest BCUT2D eigenvalue weighted by Gasteiger charge is 2.26. The lowest BCUT2D eigenvalue weighted by Crippen LogP contribution is -2.50. The second kappa shape index (κ2) is 6.36. The highest BCUT2D eigenvalue weighted by Crippen LogP contribution is 2.24. The smallest absolute Gasteiger partial charge is 0.0113 e. The van der Waals surface area contributed by atoms with Crippen molar-refractivity contribution in [1.29, 1.82) is 0 Å². The van der Waals surface area contributed by atoms with Crippen LogP contribution in [0, 0.1) is 5.92 Å². The topological polar surface area (TPSA) is 6.48 Å². The van der Waals surface area contributed by atoms with Gasteiger partial charge in [0.1, 0.15) is 0 Å². The Kier molecular flexibility index (Phi) is 5.11. The second-order valence-electron chi connectivity index (χ2n) is 5.53. The molecule has 16 heavy (non-hydrogen) atoms. The van der Waals surface area contributed by atoms with Gasteiger partial charge >= 0.3 is 0 Å². The SMILES string of the molecule is CC(CBr)CN1CCN(C2CCCC2)CC1. The van der Waals surface area contributed by atoms with E-state index < -0.39 is 0 Å². The van der Waals surface area contributed by atoms with E-state index in [1.54, 1.807) is 0 Å². The number of hydrogen-bond acceptors (Lipinski definition) is 2. The molecule has 1 atom stereocenters. The van der Waals surface area contributed by atoms with E-state index in [4.69, 9.17) is 0 Å². The maximum Gasteiger partial charge on any atom is 0.0113 e. The van der Waals surface area contributed by atoms with Crippen LogP contribution in [-0.4, -0.2) is 53.9 Å². The van der Waals surface area contributed by atoms with E-state index in [-0.39, 0.29) is 0 Å². The summed E-state index contributed by atoms with van der Waals surface area (Å²) in [6.07, 6.45) is 5.84. The Morgan fingerprint density at radius 1 is 1.12 bits per heavy atom. The van der Waals surface area contributed by atoms with Crippen molar-refractivity contribution in [2.24, 2.45) is 5.92 Å². The van der Waals surface area contributed by atoms with Crippen molar-refractivity contribution in [3.63, 3.8) is 0 Å². The van der Waals surface area contributed by atoms with E-state index in [0.717, 1.165) is 17.3 Å². The molecule has 0 bridgehead atoms. The van der Waals surface area contributed by atoms with E-state index in [1.807, 2.05) is 0 Å². The third kappa shape index (κ3) is 3.44. The first-order valence-electron chi connectivity index (χ1n) is 6.82. The molecule has 0 N–H and O–H groups in total. The Bertz CT molecular complexity index is 196. The molecule has 0 aromatic carbocycles. The molecular formula is C13H25BrN2. The zero-order chi connectivity index (χ0) is 11.4. The molecule has 2 fully saturated rings. The molecule has 94 valence electrons. The standard InChI is InChI=1S/C13H25BrN2/c1-12(10-14)11-15-6-8-16(9-7-15)13-4-2-3-5-13/h12-13H,2-11H2,1H3. The molecule has 1 aliphatic carbocycles. The van der Waals surface area contributed by atoms with Gasteiger partial charge in [-0.05, 0) is 18.8 Å². The van der Waals surface area contributed by atoms with Crippen LogP contribution in [0.3, 0.4) is 0 Å². The van der Waals surface area contributed by atoms with Crippen molar-refractivity contribution < 1.29 is 0 Å². The second-order valence-corrected chi connectivity index (χ2v) is 6.18. The van der Waals surface area contributed by atoms with E-state index in [9.17, 15) is 0 Å². The van der Waals surface area contributed by atoms with Crippen LogP contribution < -0.4 is 0 Å². The van der Waals surface area contributed by atoms with Crippen molar-refractivity contribution in [3.8, 4) is 0 Å². The largest absolute Gasteiger partial charge is 0.300 e. The quantitative estimate of drug-likeness (QED) is 0.734. The number of piperazine rings is 1. The molecule has 2 aliphatic rings. The van der Waals surface area contributed by atoms with Crippen molar-refractivity contribution in [3.05, 3.63) is 0 Å². The van der Waals surface area contributed by atoms with Gasteiger partial charge in [0.25, 0.3) is 0 Å².